The quantitative estimate of drug-likeness (QED) is 0.154. The van der Waals surface area contributed by atoms with E-state index >= 15 is 0 Å². The fourth-order valence-electron chi connectivity index (χ4n) is 9.30. The molecule has 3 saturated heterocycles. The number of carbonyl (C=O) groups is 4. The van der Waals surface area contributed by atoms with E-state index in [4.69, 9.17) is 33.5 Å². The lowest BCUT2D eigenvalue weighted by molar-refractivity contribution is -0.318. The first-order valence-electron chi connectivity index (χ1n) is 22.1. The highest BCUT2D eigenvalue weighted by Gasteiger charge is 2.53. The molecule has 18 atom stereocenters. The van der Waals surface area contributed by atoms with Crippen molar-refractivity contribution in [3.05, 3.63) is 29.8 Å². The zero-order valence-corrected chi connectivity index (χ0v) is 39.9. The number of nitrogens with zero attached hydrogens (tertiary/aromatic N) is 1. The molecular formula is C46H75NO17. The van der Waals surface area contributed by atoms with Gasteiger partial charge in [-0.3, -0.25) is 14.4 Å². The second kappa shape index (κ2) is 22.6. The molecule has 4 rings (SSSR count). The van der Waals surface area contributed by atoms with E-state index in [0.29, 0.717) is 6.42 Å². The van der Waals surface area contributed by atoms with E-state index in [-0.39, 0.29) is 42.7 Å². The number of ketones is 1. The lowest BCUT2D eigenvalue weighted by Gasteiger charge is -2.49. The van der Waals surface area contributed by atoms with Gasteiger partial charge in [-0.25, -0.2) is 4.79 Å². The van der Waals surface area contributed by atoms with Crippen LogP contribution in [-0.4, -0.2) is 165 Å². The van der Waals surface area contributed by atoms with E-state index in [1.807, 2.05) is 25.9 Å². The summed E-state index contributed by atoms with van der Waals surface area (Å²) in [6, 6.07) is 5.66. The van der Waals surface area contributed by atoms with E-state index in [1.165, 1.54) is 46.9 Å². The number of esters is 2. The highest BCUT2D eigenvalue weighted by molar-refractivity contribution is 5.91. The van der Waals surface area contributed by atoms with Gasteiger partial charge in [-0.15, -0.1) is 0 Å². The number of aromatic carboxylic acids is 1. The summed E-state index contributed by atoms with van der Waals surface area (Å²) in [4.78, 5) is 50.9. The maximum absolute atomic E-state index is 14.1. The molecule has 0 saturated carbocycles. The van der Waals surface area contributed by atoms with Crippen LogP contribution >= 0.6 is 0 Å². The van der Waals surface area contributed by atoms with E-state index in [2.05, 4.69) is 4.74 Å². The summed E-state index contributed by atoms with van der Waals surface area (Å²) in [5.41, 5.74) is -4.86. The number of carbonyl (C=O) groups excluding carboxylic acids is 3. The number of aliphatic hydroxyl groups excluding tert-OH is 3. The molecule has 3 aliphatic heterocycles. The van der Waals surface area contributed by atoms with Crippen molar-refractivity contribution < 1.29 is 83.0 Å². The topological polar surface area (TPSA) is 258 Å². The van der Waals surface area contributed by atoms with Gasteiger partial charge < -0.3 is 68.7 Å². The third-order valence-electron chi connectivity index (χ3n) is 13.2. The molecule has 0 radical (unpaired) electrons. The summed E-state index contributed by atoms with van der Waals surface area (Å²) >= 11 is 0. The molecule has 3 heterocycles. The highest BCUT2D eigenvalue weighted by atomic mass is 16.7. The Balaban J connectivity index is 0.000000715. The molecule has 0 bridgehead atoms. The van der Waals surface area contributed by atoms with Crippen LogP contribution in [0.15, 0.2) is 24.3 Å². The van der Waals surface area contributed by atoms with E-state index in [1.54, 1.807) is 53.7 Å². The van der Waals surface area contributed by atoms with Gasteiger partial charge in [0.15, 0.2) is 12.6 Å². The second-order valence-electron chi connectivity index (χ2n) is 18.9. The first-order valence-corrected chi connectivity index (χ1v) is 22.1. The van der Waals surface area contributed by atoms with Crippen LogP contribution in [0.3, 0.4) is 0 Å². The fourth-order valence-corrected chi connectivity index (χ4v) is 9.30. The highest BCUT2D eigenvalue weighted by Crippen LogP contribution is 2.41. The van der Waals surface area contributed by atoms with Crippen molar-refractivity contribution >= 4 is 23.7 Å². The monoisotopic (exact) mass is 914 g/mol. The molecule has 18 nitrogen and oxygen atoms in total. The van der Waals surface area contributed by atoms with E-state index < -0.39 is 119 Å². The minimum absolute atomic E-state index is 0.0160. The largest absolute Gasteiger partial charge is 0.478 e. The predicted molar refractivity (Wildman–Crippen MR) is 231 cm³/mol. The van der Waals surface area contributed by atoms with Crippen molar-refractivity contribution in [1.29, 1.82) is 0 Å². The number of methoxy groups -OCH3 is 1. The fraction of sp³-hybridized carbons (Fsp3) is 0.783. The Morgan fingerprint density at radius 3 is 2.05 bits per heavy atom. The number of benzene rings is 1. The smallest absolute Gasteiger partial charge is 0.339 e. The normalized spacial score (nSPS) is 41.5. The van der Waals surface area contributed by atoms with Crippen LogP contribution in [0.2, 0.25) is 0 Å². The maximum Gasteiger partial charge on any atom is 0.339 e. The SMILES string of the molecule is CC(=O)Oc1ccccc1C(=O)O.CC[C@H]1OC(=O)[C@H](C)[C@@H](O[C@H]2C[C@@](C)(OC)[C@@H](O)[C@H](C)O2)[C@@H](C)[C@@H](O[C@@H]2O[C@H](C)C[C@H](N(C)C)[C@H]2O)[C@](C)(O)C[C@@H](C)C(=O)[C@H](C)[C@H](O)[C@]1(C)O. The molecule has 0 aromatic heterocycles. The number of Topliss-reactive ketones (excluding diaryl/α,β-unsaturated/α-hetero) is 1. The zero-order chi connectivity index (χ0) is 48.8. The van der Waals surface area contributed by atoms with Gasteiger partial charge in [0.25, 0.3) is 0 Å². The number of carboxylic acids is 1. The van der Waals surface area contributed by atoms with Gasteiger partial charge in [0.1, 0.15) is 41.0 Å². The molecule has 1 aromatic rings. The number of hydrogen-bond donors (Lipinski definition) is 6. The first-order chi connectivity index (χ1) is 29.5. The van der Waals surface area contributed by atoms with Crippen LogP contribution in [-0.2, 0) is 42.8 Å². The number of cyclic esters (lactones) is 1. The van der Waals surface area contributed by atoms with Gasteiger partial charge in [-0.2, -0.15) is 0 Å². The summed E-state index contributed by atoms with van der Waals surface area (Å²) < 4.78 is 41.7. The molecular weight excluding hydrogens is 838 g/mol. The zero-order valence-electron chi connectivity index (χ0n) is 39.9. The minimum atomic E-state index is -1.99. The Labute approximate surface area is 377 Å². The van der Waals surface area contributed by atoms with Crippen LogP contribution in [0.25, 0.3) is 0 Å². The molecule has 0 amide bonds. The summed E-state index contributed by atoms with van der Waals surface area (Å²) in [5, 5.41) is 66.3. The molecule has 0 spiro atoms. The average Bonchev–Trinajstić information content (AvgIpc) is 3.21. The van der Waals surface area contributed by atoms with Crippen LogP contribution in [0.4, 0.5) is 0 Å². The number of likely N-dealkylation sites (N-methyl/N-ethyl adjacent to an activating group) is 1. The molecule has 64 heavy (non-hydrogen) atoms. The van der Waals surface area contributed by atoms with E-state index in [9.17, 15) is 44.7 Å². The third-order valence-corrected chi connectivity index (χ3v) is 13.2. The number of para-hydroxylation sites is 1. The number of carboxylic acid groups (broad SMARTS) is 1. The molecule has 0 aliphatic carbocycles. The Morgan fingerprint density at radius 2 is 1.50 bits per heavy atom. The first kappa shape index (κ1) is 55.2. The minimum Gasteiger partial charge on any atom is -0.478 e. The lowest BCUT2D eigenvalue weighted by Crippen LogP contribution is -2.61. The summed E-state index contributed by atoms with van der Waals surface area (Å²) in [6.45, 7) is 17.6. The standard InChI is InChI=1S/C37H67NO13.C9H8O4/c1-14-25-37(10,45)30(41)20(4)27(39)18(2)16-35(8,44)32(51-34-28(40)24(38(11)12)15-19(3)47-34)21(5)29(22(6)33(43)49-25)50-26-17-36(9,46-13)31(42)23(7)48-26;1-6(10)13-8-5-3-2-4-7(8)9(11)12/h18-26,28-32,34,40-42,44-45H,14-17H2,1-13H3;2-5H,1H3,(H,11,12)/t18-,19-,20+,21-,22-,23+,24+,25-,26+,28-,29+,30+,31+,32-,34+,35-,36-,37-;/m1./s1. The van der Waals surface area contributed by atoms with Crippen LogP contribution in [0.5, 0.6) is 5.75 Å². The van der Waals surface area contributed by atoms with Crippen LogP contribution < -0.4 is 4.74 Å². The van der Waals surface area contributed by atoms with Gasteiger partial charge in [0.05, 0.1) is 47.6 Å². The van der Waals surface area contributed by atoms with Gasteiger partial charge in [-0.1, -0.05) is 39.8 Å². The van der Waals surface area contributed by atoms with Crippen LogP contribution in [0, 0.1) is 23.7 Å². The average molecular weight is 914 g/mol. The van der Waals surface area contributed by atoms with Gasteiger partial charge in [0, 0.05) is 44.2 Å². The van der Waals surface area contributed by atoms with Crippen molar-refractivity contribution in [2.24, 2.45) is 23.7 Å². The Morgan fingerprint density at radius 1 is 0.891 bits per heavy atom. The predicted octanol–water partition coefficient (Wildman–Crippen LogP) is 3.10. The maximum atomic E-state index is 14.1. The van der Waals surface area contributed by atoms with Gasteiger partial charge in [-0.05, 0) is 87.0 Å². The van der Waals surface area contributed by atoms with Crippen molar-refractivity contribution in [1.82, 2.24) is 4.90 Å². The van der Waals surface area contributed by atoms with E-state index in [0.717, 1.165) is 0 Å². The van der Waals surface area contributed by atoms with Crippen molar-refractivity contribution in [3.8, 4) is 5.75 Å². The summed E-state index contributed by atoms with van der Waals surface area (Å²) in [6.07, 6.45) is -9.71. The molecule has 0 unspecified atom stereocenters. The Hall–Kier alpha value is -3.14. The Kier molecular flexibility index (Phi) is 19.5. The van der Waals surface area contributed by atoms with Crippen molar-refractivity contribution in [2.75, 3.05) is 21.2 Å². The lowest BCUT2D eigenvalue weighted by atomic mass is 9.74. The van der Waals surface area contributed by atoms with Gasteiger partial charge >= 0.3 is 17.9 Å². The Bertz CT molecular complexity index is 1720. The van der Waals surface area contributed by atoms with Crippen molar-refractivity contribution in [3.63, 3.8) is 0 Å². The van der Waals surface area contributed by atoms with Gasteiger partial charge in [0.2, 0.25) is 0 Å². The molecule has 366 valence electrons. The third kappa shape index (κ3) is 13.1. The second-order valence-corrected chi connectivity index (χ2v) is 18.9. The number of aliphatic hydroxyl groups is 5. The number of hydrogen-bond acceptors (Lipinski definition) is 17. The molecule has 6 N–H and O–H groups in total. The molecule has 3 aliphatic rings. The molecule has 18 heteroatoms. The molecule has 1 aromatic carbocycles. The molecule has 3 fully saturated rings. The van der Waals surface area contributed by atoms with Crippen LogP contribution in [0.1, 0.15) is 112 Å². The van der Waals surface area contributed by atoms with Crippen molar-refractivity contribution in [2.45, 2.75) is 186 Å². The number of rotatable bonds is 9. The summed E-state index contributed by atoms with van der Waals surface area (Å²) in [7, 11) is 5.18. The summed E-state index contributed by atoms with van der Waals surface area (Å²) in [5.74, 6) is -6.55. The number of ether oxygens (including phenoxy) is 7.